The van der Waals surface area contributed by atoms with Crippen LogP contribution in [0, 0.1) is 15.9 Å². The Labute approximate surface area is 193 Å². The molecule has 34 heavy (non-hydrogen) atoms. The van der Waals surface area contributed by atoms with E-state index >= 15 is 0 Å². The summed E-state index contributed by atoms with van der Waals surface area (Å²) in [6, 6.07) is 11.4. The number of carbonyl (C=O) groups is 2. The maximum absolute atomic E-state index is 13.6. The van der Waals surface area contributed by atoms with E-state index in [1.54, 1.807) is 11.0 Å². The molecule has 10 nitrogen and oxygen atoms in total. The number of nitrogens with zero attached hydrogens (tertiary/aromatic N) is 3. The van der Waals surface area contributed by atoms with Gasteiger partial charge in [-0.05, 0) is 47.9 Å². The molecule has 0 spiro atoms. The second kappa shape index (κ2) is 9.53. The molecule has 0 saturated heterocycles. The van der Waals surface area contributed by atoms with Crippen molar-refractivity contribution in [3.8, 4) is 11.5 Å². The first-order valence-electron chi connectivity index (χ1n) is 10.3. The van der Waals surface area contributed by atoms with Crippen LogP contribution in [-0.2, 0) is 13.0 Å². The standard InChI is InChI=1S/C23H20FN5O5/c1-25-22(30)20-12-18(6-8-26-20)34-17-4-2-14-7-9-28(13-15(14)10-17)23(31)27-16-3-5-19(24)21(11-16)29(32)33/h2-6,8,10-12H,7,9,13H2,1H3,(H,25,30)(H,27,31). The van der Waals surface area contributed by atoms with Gasteiger partial charge in [-0.1, -0.05) is 6.07 Å². The Hall–Kier alpha value is -4.54. The molecular formula is C23H20FN5O5. The largest absolute Gasteiger partial charge is 0.457 e. The van der Waals surface area contributed by atoms with Crippen molar-refractivity contribution in [2.24, 2.45) is 0 Å². The van der Waals surface area contributed by atoms with Crippen LogP contribution in [0.5, 0.6) is 11.5 Å². The third-order valence-electron chi connectivity index (χ3n) is 5.30. The van der Waals surface area contributed by atoms with Gasteiger partial charge in [0, 0.05) is 44.2 Å². The number of rotatable bonds is 5. The predicted octanol–water partition coefficient (Wildman–Crippen LogP) is 3.87. The first-order valence-corrected chi connectivity index (χ1v) is 10.3. The van der Waals surface area contributed by atoms with Crippen LogP contribution in [0.15, 0.2) is 54.7 Å². The molecule has 0 unspecified atom stereocenters. The molecule has 0 aliphatic carbocycles. The zero-order valence-corrected chi connectivity index (χ0v) is 18.1. The number of benzene rings is 2. The highest BCUT2D eigenvalue weighted by Crippen LogP contribution is 2.28. The highest BCUT2D eigenvalue weighted by molar-refractivity contribution is 5.92. The molecule has 3 aromatic rings. The maximum atomic E-state index is 13.6. The number of anilines is 1. The van der Waals surface area contributed by atoms with E-state index in [4.69, 9.17) is 4.74 Å². The summed E-state index contributed by atoms with van der Waals surface area (Å²) in [6.07, 6.45) is 2.09. The van der Waals surface area contributed by atoms with Crippen molar-refractivity contribution < 1.29 is 23.6 Å². The Morgan fingerprint density at radius 3 is 2.68 bits per heavy atom. The number of aromatic nitrogens is 1. The Kier molecular flexibility index (Phi) is 6.35. The van der Waals surface area contributed by atoms with Crippen molar-refractivity contribution in [3.05, 3.63) is 87.5 Å². The Morgan fingerprint density at radius 1 is 1.12 bits per heavy atom. The number of amides is 3. The van der Waals surface area contributed by atoms with Crippen molar-refractivity contribution in [3.63, 3.8) is 0 Å². The Morgan fingerprint density at radius 2 is 1.91 bits per heavy atom. The first-order chi connectivity index (χ1) is 16.3. The van der Waals surface area contributed by atoms with E-state index < -0.39 is 22.5 Å². The fourth-order valence-corrected chi connectivity index (χ4v) is 3.57. The highest BCUT2D eigenvalue weighted by Gasteiger charge is 2.23. The molecule has 1 aromatic heterocycles. The lowest BCUT2D eigenvalue weighted by Gasteiger charge is -2.29. The number of halogens is 1. The molecule has 0 bridgehead atoms. The van der Waals surface area contributed by atoms with Gasteiger partial charge in [0.25, 0.3) is 5.91 Å². The smallest absolute Gasteiger partial charge is 0.322 e. The molecule has 11 heteroatoms. The molecule has 2 N–H and O–H groups in total. The number of nitro groups is 1. The van der Waals surface area contributed by atoms with Crippen LogP contribution in [0.3, 0.4) is 0 Å². The van der Waals surface area contributed by atoms with Crippen LogP contribution < -0.4 is 15.4 Å². The summed E-state index contributed by atoms with van der Waals surface area (Å²) in [4.78, 5) is 40.2. The van der Waals surface area contributed by atoms with E-state index in [0.29, 0.717) is 31.0 Å². The lowest BCUT2D eigenvalue weighted by molar-refractivity contribution is -0.387. The number of hydrogen-bond donors (Lipinski definition) is 2. The van der Waals surface area contributed by atoms with Crippen molar-refractivity contribution in [2.45, 2.75) is 13.0 Å². The molecule has 174 valence electrons. The summed E-state index contributed by atoms with van der Waals surface area (Å²) in [5, 5.41) is 16.0. The predicted molar refractivity (Wildman–Crippen MR) is 120 cm³/mol. The molecule has 3 amide bonds. The second-order valence-electron chi connectivity index (χ2n) is 7.51. The first kappa shape index (κ1) is 22.6. The molecule has 1 aliphatic heterocycles. The minimum atomic E-state index is -0.973. The number of nitro benzene ring substituents is 1. The van der Waals surface area contributed by atoms with E-state index in [9.17, 15) is 24.1 Å². The summed E-state index contributed by atoms with van der Waals surface area (Å²) < 4.78 is 19.4. The lowest BCUT2D eigenvalue weighted by Crippen LogP contribution is -2.38. The summed E-state index contributed by atoms with van der Waals surface area (Å²) in [5.41, 5.74) is 1.59. The molecule has 0 saturated carbocycles. The van der Waals surface area contributed by atoms with E-state index in [1.807, 2.05) is 18.2 Å². The maximum Gasteiger partial charge on any atom is 0.322 e. The molecule has 0 fully saturated rings. The van der Waals surface area contributed by atoms with Gasteiger partial charge in [-0.2, -0.15) is 4.39 Å². The lowest BCUT2D eigenvalue weighted by atomic mass is 10.00. The van der Waals surface area contributed by atoms with Crippen LogP contribution in [-0.4, -0.2) is 40.3 Å². The van der Waals surface area contributed by atoms with Gasteiger partial charge in [0.05, 0.1) is 4.92 Å². The van der Waals surface area contributed by atoms with Crippen molar-refractivity contribution in [2.75, 3.05) is 18.9 Å². The van der Waals surface area contributed by atoms with Gasteiger partial charge in [0.15, 0.2) is 0 Å². The van der Waals surface area contributed by atoms with Gasteiger partial charge in [-0.25, -0.2) is 4.79 Å². The third-order valence-corrected chi connectivity index (χ3v) is 5.30. The average molecular weight is 465 g/mol. The van der Waals surface area contributed by atoms with Crippen LogP contribution in [0.1, 0.15) is 21.6 Å². The van der Waals surface area contributed by atoms with Crippen LogP contribution in [0.25, 0.3) is 0 Å². The molecule has 2 heterocycles. The minimum absolute atomic E-state index is 0.130. The molecule has 4 rings (SSSR count). The summed E-state index contributed by atoms with van der Waals surface area (Å²) in [6.45, 7) is 0.740. The average Bonchev–Trinajstić information content (AvgIpc) is 2.84. The number of carbonyl (C=O) groups excluding carboxylic acids is 2. The minimum Gasteiger partial charge on any atom is -0.457 e. The van der Waals surface area contributed by atoms with Gasteiger partial charge < -0.3 is 20.3 Å². The van der Waals surface area contributed by atoms with Crippen molar-refractivity contribution in [1.29, 1.82) is 0 Å². The number of hydrogen-bond acceptors (Lipinski definition) is 6. The van der Waals surface area contributed by atoms with E-state index in [2.05, 4.69) is 15.6 Å². The Balaban J connectivity index is 1.46. The van der Waals surface area contributed by atoms with E-state index in [1.165, 1.54) is 25.4 Å². The quantitative estimate of drug-likeness (QED) is 0.435. The molecule has 0 radical (unpaired) electrons. The fourth-order valence-electron chi connectivity index (χ4n) is 3.57. The van der Waals surface area contributed by atoms with E-state index in [0.717, 1.165) is 23.3 Å². The zero-order chi connectivity index (χ0) is 24.2. The normalized spacial score (nSPS) is 12.5. The molecule has 2 aromatic carbocycles. The van der Waals surface area contributed by atoms with E-state index in [-0.39, 0.29) is 17.3 Å². The van der Waals surface area contributed by atoms with Gasteiger partial charge >= 0.3 is 11.7 Å². The van der Waals surface area contributed by atoms with Crippen molar-refractivity contribution in [1.82, 2.24) is 15.2 Å². The summed E-state index contributed by atoms with van der Waals surface area (Å²) >= 11 is 0. The zero-order valence-electron chi connectivity index (χ0n) is 18.1. The summed E-state index contributed by atoms with van der Waals surface area (Å²) in [5.74, 6) is -0.329. The van der Waals surface area contributed by atoms with Gasteiger partial charge in [0.1, 0.15) is 17.2 Å². The number of urea groups is 1. The van der Waals surface area contributed by atoms with Gasteiger partial charge in [-0.3, -0.25) is 19.9 Å². The highest BCUT2D eigenvalue weighted by atomic mass is 19.1. The van der Waals surface area contributed by atoms with Crippen LogP contribution >= 0.6 is 0 Å². The molecule has 0 atom stereocenters. The van der Waals surface area contributed by atoms with Crippen LogP contribution in [0.4, 0.5) is 20.6 Å². The molecular weight excluding hydrogens is 445 g/mol. The monoisotopic (exact) mass is 465 g/mol. The topological polar surface area (TPSA) is 127 Å². The SMILES string of the molecule is CNC(=O)c1cc(Oc2ccc3c(c2)CN(C(=O)Nc2ccc(F)c([N+](=O)[O-])c2)CC3)ccn1. The number of nitrogens with one attached hydrogen (secondary N) is 2. The second-order valence-corrected chi connectivity index (χ2v) is 7.51. The van der Waals surface area contributed by atoms with Crippen LogP contribution in [0.2, 0.25) is 0 Å². The number of fused-ring (bicyclic) bond motifs is 1. The van der Waals surface area contributed by atoms with Gasteiger partial charge in [-0.15, -0.1) is 0 Å². The van der Waals surface area contributed by atoms with Crippen molar-refractivity contribution >= 4 is 23.3 Å². The number of pyridine rings is 1. The fraction of sp³-hybridized carbons (Fsp3) is 0.174. The Bertz CT molecular complexity index is 1280. The molecule has 1 aliphatic rings. The third kappa shape index (κ3) is 4.93. The summed E-state index contributed by atoms with van der Waals surface area (Å²) in [7, 11) is 1.51. The van der Waals surface area contributed by atoms with Gasteiger partial charge in [0.2, 0.25) is 5.82 Å². The number of ether oxygens (including phenoxy) is 1.